The molecule has 1 aliphatic heterocycles. The van der Waals surface area contributed by atoms with Crippen molar-refractivity contribution >= 4 is 40.2 Å². The van der Waals surface area contributed by atoms with E-state index in [0.717, 1.165) is 5.56 Å². The van der Waals surface area contributed by atoms with Crippen LogP contribution in [-0.2, 0) is 30.5 Å². The Kier molecular flexibility index (Phi) is 6.68. The highest BCUT2D eigenvalue weighted by Gasteiger charge is 2.44. The second-order valence-corrected chi connectivity index (χ2v) is 7.49. The summed E-state index contributed by atoms with van der Waals surface area (Å²) in [7, 11) is 0. The molecule has 3 rings (SSSR count). The van der Waals surface area contributed by atoms with E-state index in [2.05, 4.69) is 10.6 Å². The molecule has 3 amide bonds. The summed E-state index contributed by atoms with van der Waals surface area (Å²) < 4.78 is 10.3. The molecule has 0 spiro atoms. The molecule has 1 fully saturated rings. The molecule has 1 saturated heterocycles. The first-order valence-corrected chi connectivity index (χ1v) is 10.1. The monoisotopic (exact) mass is 431 g/mol. The second kappa shape index (κ2) is 9.40. The summed E-state index contributed by atoms with van der Waals surface area (Å²) in [6.45, 7) is 2.78. The number of hydrogen-bond donors (Lipinski definition) is 2. The van der Waals surface area contributed by atoms with Crippen LogP contribution in [0.25, 0.3) is 0 Å². The first-order valence-electron chi connectivity index (χ1n) is 9.18. The summed E-state index contributed by atoms with van der Waals surface area (Å²) in [5, 5.41) is 7.20. The van der Waals surface area contributed by atoms with Crippen LogP contribution in [0.3, 0.4) is 0 Å². The SMILES string of the molecule is CC(=O)O[C@@H]1NC(=O)[C@H]1NC(=O)C(C)N(C(=O)OCc1ccccc1)c1cccs1. The summed E-state index contributed by atoms with van der Waals surface area (Å²) in [5.41, 5.74) is 0.810. The fraction of sp³-hybridized carbons (Fsp3) is 0.300. The van der Waals surface area contributed by atoms with Crippen molar-refractivity contribution in [1.29, 1.82) is 0 Å². The molecular weight excluding hydrogens is 410 g/mol. The van der Waals surface area contributed by atoms with Crippen molar-refractivity contribution in [2.24, 2.45) is 0 Å². The molecule has 0 aliphatic carbocycles. The minimum Gasteiger partial charge on any atom is -0.444 e. The quantitative estimate of drug-likeness (QED) is 0.510. The van der Waals surface area contributed by atoms with Gasteiger partial charge in [-0.05, 0) is 30.0 Å². The number of nitrogens with zero attached hydrogens (tertiary/aromatic N) is 1. The van der Waals surface area contributed by atoms with Crippen molar-refractivity contribution < 1.29 is 28.7 Å². The van der Waals surface area contributed by atoms with E-state index in [0.29, 0.717) is 5.00 Å². The number of nitrogens with one attached hydrogen (secondary N) is 2. The molecule has 0 radical (unpaired) electrons. The Morgan fingerprint density at radius 2 is 1.93 bits per heavy atom. The molecule has 2 heterocycles. The zero-order valence-corrected chi connectivity index (χ0v) is 17.2. The van der Waals surface area contributed by atoms with Crippen LogP contribution in [0.5, 0.6) is 0 Å². The number of anilines is 1. The Balaban J connectivity index is 1.68. The van der Waals surface area contributed by atoms with E-state index in [1.165, 1.54) is 30.1 Å². The number of esters is 1. The van der Waals surface area contributed by atoms with Crippen LogP contribution in [0.2, 0.25) is 0 Å². The Labute approximate surface area is 177 Å². The van der Waals surface area contributed by atoms with Crippen molar-refractivity contribution in [3.63, 3.8) is 0 Å². The lowest BCUT2D eigenvalue weighted by atomic mass is 10.1. The van der Waals surface area contributed by atoms with Gasteiger partial charge >= 0.3 is 12.1 Å². The van der Waals surface area contributed by atoms with Crippen molar-refractivity contribution in [1.82, 2.24) is 10.6 Å². The minimum absolute atomic E-state index is 0.0510. The third-order valence-electron chi connectivity index (χ3n) is 4.37. The van der Waals surface area contributed by atoms with E-state index < -0.39 is 42.2 Å². The Morgan fingerprint density at radius 3 is 2.53 bits per heavy atom. The van der Waals surface area contributed by atoms with Crippen LogP contribution in [-0.4, -0.2) is 42.2 Å². The molecule has 10 heteroatoms. The smallest absolute Gasteiger partial charge is 0.416 e. The van der Waals surface area contributed by atoms with Crippen LogP contribution < -0.4 is 15.5 Å². The predicted molar refractivity (Wildman–Crippen MR) is 109 cm³/mol. The number of benzene rings is 1. The largest absolute Gasteiger partial charge is 0.444 e. The van der Waals surface area contributed by atoms with E-state index in [-0.39, 0.29) is 6.61 Å². The molecule has 9 nitrogen and oxygen atoms in total. The fourth-order valence-electron chi connectivity index (χ4n) is 2.80. The van der Waals surface area contributed by atoms with Gasteiger partial charge in [0.05, 0.1) is 0 Å². The summed E-state index contributed by atoms with van der Waals surface area (Å²) >= 11 is 1.27. The van der Waals surface area contributed by atoms with E-state index in [4.69, 9.17) is 9.47 Å². The average molecular weight is 431 g/mol. The predicted octanol–water partition coefficient (Wildman–Crippen LogP) is 1.78. The van der Waals surface area contributed by atoms with Gasteiger partial charge in [-0.3, -0.25) is 19.3 Å². The number of ether oxygens (including phenoxy) is 2. The van der Waals surface area contributed by atoms with Crippen LogP contribution in [0.15, 0.2) is 47.8 Å². The number of amides is 3. The Bertz CT molecular complexity index is 918. The zero-order valence-electron chi connectivity index (χ0n) is 16.4. The van der Waals surface area contributed by atoms with Crippen molar-refractivity contribution in [3.05, 3.63) is 53.4 Å². The molecule has 158 valence electrons. The van der Waals surface area contributed by atoms with E-state index in [9.17, 15) is 19.2 Å². The average Bonchev–Trinajstić information content (AvgIpc) is 3.25. The van der Waals surface area contributed by atoms with Crippen LogP contribution in [0, 0.1) is 0 Å². The highest BCUT2D eigenvalue weighted by Crippen LogP contribution is 2.25. The summed E-state index contributed by atoms with van der Waals surface area (Å²) in [4.78, 5) is 49.6. The number of hydrogen-bond acceptors (Lipinski definition) is 7. The van der Waals surface area contributed by atoms with Gasteiger partial charge < -0.3 is 20.1 Å². The molecule has 1 aromatic carbocycles. The van der Waals surface area contributed by atoms with E-state index in [1.807, 2.05) is 30.3 Å². The number of thiophene rings is 1. The maximum Gasteiger partial charge on any atom is 0.416 e. The van der Waals surface area contributed by atoms with Gasteiger partial charge in [-0.2, -0.15) is 0 Å². The first-order chi connectivity index (χ1) is 14.4. The van der Waals surface area contributed by atoms with Crippen molar-refractivity contribution in [2.45, 2.75) is 38.8 Å². The summed E-state index contributed by atoms with van der Waals surface area (Å²) in [6, 6.07) is 10.6. The fourth-order valence-corrected chi connectivity index (χ4v) is 3.60. The van der Waals surface area contributed by atoms with Gasteiger partial charge in [0, 0.05) is 6.92 Å². The maximum absolute atomic E-state index is 12.8. The molecule has 30 heavy (non-hydrogen) atoms. The highest BCUT2D eigenvalue weighted by molar-refractivity contribution is 7.14. The van der Waals surface area contributed by atoms with Crippen LogP contribution in [0.4, 0.5) is 9.80 Å². The van der Waals surface area contributed by atoms with Gasteiger partial charge in [-0.25, -0.2) is 4.79 Å². The topological polar surface area (TPSA) is 114 Å². The van der Waals surface area contributed by atoms with Crippen LogP contribution >= 0.6 is 11.3 Å². The second-order valence-electron chi connectivity index (χ2n) is 6.56. The molecular formula is C20H21N3O6S. The van der Waals surface area contributed by atoms with Gasteiger partial charge in [0.25, 0.3) is 5.91 Å². The Morgan fingerprint density at radius 1 is 1.20 bits per heavy atom. The lowest BCUT2D eigenvalue weighted by molar-refractivity contribution is -0.164. The summed E-state index contributed by atoms with van der Waals surface area (Å²) in [6.07, 6.45) is -1.63. The van der Waals surface area contributed by atoms with E-state index >= 15 is 0 Å². The number of carbonyl (C=O) groups excluding carboxylic acids is 4. The molecule has 0 saturated carbocycles. The molecule has 1 unspecified atom stereocenters. The zero-order chi connectivity index (χ0) is 21.7. The van der Waals surface area contributed by atoms with Gasteiger partial charge in [0.2, 0.25) is 12.1 Å². The maximum atomic E-state index is 12.8. The first kappa shape index (κ1) is 21.3. The van der Waals surface area contributed by atoms with Gasteiger partial charge in [-0.15, -0.1) is 11.3 Å². The summed E-state index contributed by atoms with van der Waals surface area (Å²) in [5.74, 6) is -1.65. The molecule has 2 N–H and O–H groups in total. The number of rotatable bonds is 7. The molecule has 2 aromatic rings. The minimum atomic E-state index is -1.02. The number of carbonyl (C=O) groups is 4. The van der Waals surface area contributed by atoms with Crippen molar-refractivity contribution in [3.8, 4) is 0 Å². The number of β-lactam (4-membered cyclic amide) rings is 1. The molecule has 3 atom stereocenters. The van der Waals surface area contributed by atoms with Gasteiger partial charge in [0.1, 0.15) is 17.6 Å². The van der Waals surface area contributed by atoms with E-state index in [1.54, 1.807) is 17.5 Å². The molecule has 1 aliphatic rings. The third-order valence-corrected chi connectivity index (χ3v) is 5.24. The normalized spacial score (nSPS) is 18.4. The third kappa shape index (κ3) is 4.95. The molecule has 1 aromatic heterocycles. The highest BCUT2D eigenvalue weighted by atomic mass is 32.1. The Hall–Kier alpha value is -3.40. The lowest BCUT2D eigenvalue weighted by Crippen LogP contribution is -2.71. The van der Waals surface area contributed by atoms with Gasteiger partial charge in [0.15, 0.2) is 6.04 Å². The molecule has 0 bridgehead atoms. The van der Waals surface area contributed by atoms with Crippen LogP contribution in [0.1, 0.15) is 19.4 Å². The van der Waals surface area contributed by atoms with Gasteiger partial charge in [-0.1, -0.05) is 30.3 Å². The lowest BCUT2D eigenvalue weighted by Gasteiger charge is -2.37. The standard InChI is InChI=1S/C20H21N3O6S/c1-12(17(25)21-16-18(26)22-19(16)29-13(2)24)23(15-9-6-10-30-15)20(27)28-11-14-7-4-3-5-8-14/h3-10,12,16,19H,11H2,1-2H3,(H,21,25)(H,22,26)/t12?,16-,19+/m1/s1. The van der Waals surface area contributed by atoms with Crippen molar-refractivity contribution in [2.75, 3.05) is 4.90 Å².